The molecule has 0 saturated carbocycles. The SMILES string of the molecule is CCCCCCC(C)(CCCCCC)C(C)(C)C(C)(C)NC(=N)N. The van der Waals surface area contributed by atoms with Crippen LogP contribution in [0.2, 0.25) is 0 Å². The minimum absolute atomic E-state index is 0.0457. The minimum Gasteiger partial charge on any atom is -0.370 e. The topological polar surface area (TPSA) is 61.9 Å². The van der Waals surface area contributed by atoms with E-state index in [0.29, 0.717) is 0 Å². The maximum absolute atomic E-state index is 7.69. The summed E-state index contributed by atoms with van der Waals surface area (Å²) < 4.78 is 0. The first-order chi connectivity index (χ1) is 11.0. The van der Waals surface area contributed by atoms with Gasteiger partial charge in [-0.15, -0.1) is 0 Å². The number of nitrogens with two attached hydrogens (primary N) is 1. The summed E-state index contributed by atoms with van der Waals surface area (Å²) in [4.78, 5) is 0. The van der Waals surface area contributed by atoms with Crippen molar-refractivity contribution in [2.75, 3.05) is 0 Å². The predicted molar refractivity (Wildman–Crippen MR) is 109 cm³/mol. The zero-order valence-corrected chi connectivity index (χ0v) is 17.6. The van der Waals surface area contributed by atoms with Gasteiger partial charge < -0.3 is 11.1 Å². The summed E-state index contributed by atoms with van der Waals surface area (Å²) in [5, 5.41) is 10.9. The van der Waals surface area contributed by atoms with Crippen LogP contribution in [-0.2, 0) is 0 Å². The molecular formula is C21H45N3. The molecule has 0 amide bonds. The van der Waals surface area contributed by atoms with Gasteiger partial charge in [-0.05, 0) is 37.5 Å². The van der Waals surface area contributed by atoms with Crippen LogP contribution >= 0.6 is 0 Å². The van der Waals surface area contributed by atoms with Crippen LogP contribution < -0.4 is 11.1 Å². The Morgan fingerprint density at radius 1 is 0.792 bits per heavy atom. The number of unbranched alkanes of at least 4 members (excludes halogenated alkanes) is 6. The summed E-state index contributed by atoms with van der Waals surface area (Å²) in [7, 11) is 0. The zero-order valence-electron chi connectivity index (χ0n) is 17.6. The Bertz CT molecular complexity index is 346. The summed E-state index contributed by atoms with van der Waals surface area (Å²) in [6.07, 6.45) is 13.0. The molecule has 0 fully saturated rings. The van der Waals surface area contributed by atoms with Gasteiger partial charge in [-0.3, -0.25) is 5.41 Å². The molecule has 144 valence electrons. The van der Waals surface area contributed by atoms with Gasteiger partial charge in [0.2, 0.25) is 0 Å². The third-order valence-corrected chi connectivity index (χ3v) is 6.68. The summed E-state index contributed by atoms with van der Waals surface area (Å²) in [6.45, 7) is 16.1. The second-order valence-corrected chi connectivity index (χ2v) is 8.97. The van der Waals surface area contributed by atoms with Crippen LogP contribution in [0.15, 0.2) is 0 Å². The molecule has 0 heterocycles. The van der Waals surface area contributed by atoms with Gasteiger partial charge in [0, 0.05) is 5.54 Å². The molecular weight excluding hydrogens is 294 g/mol. The minimum atomic E-state index is -0.205. The largest absolute Gasteiger partial charge is 0.370 e. The second-order valence-electron chi connectivity index (χ2n) is 8.97. The third-order valence-electron chi connectivity index (χ3n) is 6.68. The molecule has 0 rings (SSSR count). The fraction of sp³-hybridized carbons (Fsp3) is 0.952. The third kappa shape index (κ3) is 6.64. The Labute approximate surface area is 152 Å². The number of hydrogen-bond acceptors (Lipinski definition) is 1. The second kappa shape index (κ2) is 10.3. The van der Waals surface area contributed by atoms with Crippen molar-refractivity contribution in [1.82, 2.24) is 5.32 Å². The molecule has 0 aliphatic heterocycles. The highest BCUT2D eigenvalue weighted by Crippen LogP contribution is 2.52. The van der Waals surface area contributed by atoms with Crippen molar-refractivity contribution in [3.05, 3.63) is 0 Å². The quantitative estimate of drug-likeness (QED) is 0.212. The van der Waals surface area contributed by atoms with Gasteiger partial charge in [0.15, 0.2) is 5.96 Å². The molecule has 0 unspecified atom stereocenters. The van der Waals surface area contributed by atoms with E-state index in [1.165, 1.54) is 64.2 Å². The molecule has 4 N–H and O–H groups in total. The number of nitrogens with one attached hydrogen (secondary N) is 2. The molecule has 0 atom stereocenters. The van der Waals surface area contributed by atoms with Crippen molar-refractivity contribution in [3.63, 3.8) is 0 Å². The maximum atomic E-state index is 7.69. The van der Waals surface area contributed by atoms with Crippen molar-refractivity contribution in [3.8, 4) is 0 Å². The van der Waals surface area contributed by atoms with E-state index >= 15 is 0 Å². The molecule has 0 aliphatic rings. The van der Waals surface area contributed by atoms with Crippen molar-refractivity contribution < 1.29 is 0 Å². The Balaban J connectivity index is 5.19. The smallest absolute Gasteiger partial charge is 0.186 e. The van der Waals surface area contributed by atoms with E-state index in [4.69, 9.17) is 11.1 Å². The Hall–Kier alpha value is -0.730. The maximum Gasteiger partial charge on any atom is 0.186 e. The van der Waals surface area contributed by atoms with E-state index in [2.05, 4.69) is 53.8 Å². The molecule has 0 saturated heterocycles. The van der Waals surface area contributed by atoms with Gasteiger partial charge >= 0.3 is 0 Å². The Morgan fingerprint density at radius 2 is 1.21 bits per heavy atom. The normalized spacial score (nSPS) is 13.1. The van der Waals surface area contributed by atoms with Crippen LogP contribution in [0.25, 0.3) is 0 Å². The summed E-state index contributed by atoms with van der Waals surface area (Å²) in [6, 6.07) is 0. The average Bonchev–Trinajstić information content (AvgIpc) is 2.46. The van der Waals surface area contributed by atoms with Gasteiger partial charge in [-0.25, -0.2) is 0 Å². The fourth-order valence-corrected chi connectivity index (χ4v) is 3.88. The lowest BCUT2D eigenvalue weighted by Gasteiger charge is -2.54. The number of rotatable bonds is 13. The van der Waals surface area contributed by atoms with Crippen molar-refractivity contribution >= 4 is 5.96 Å². The van der Waals surface area contributed by atoms with E-state index in [-0.39, 0.29) is 22.3 Å². The highest BCUT2D eigenvalue weighted by Gasteiger charge is 2.49. The monoisotopic (exact) mass is 339 g/mol. The molecule has 0 radical (unpaired) electrons. The van der Waals surface area contributed by atoms with Gasteiger partial charge in [-0.2, -0.15) is 0 Å². The van der Waals surface area contributed by atoms with Crippen LogP contribution in [0.4, 0.5) is 0 Å². The first-order valence-electron chi connectivity index (χ1n) is 10.2. The first-order valence-corrected chi connectivity index (χ1v) is 10.2. The molecule has 0 aromatic carbocycles. The molecule has 0 aliphatic carbocycles. The molecule has 0 spiro atoms. The highest BCUT2D eigenvalue weighted by atomic mass is 15.1. The Kier molecular flexibility index (Phi) is 9.99. The molecule has 0 bridgehead atoms. The van der Waals surface area contributed by atoms with E-state index in [1.54, 1.807) is 0 Å². The fourth-order valence-electron chi connectivity index (χ4n) is 3.88. The lowest BCUT2D eigenvalue weighted by molar-refractivity contribution is -0.00843. The van der Waals surface area contributed by atoms with Crippen LogP contribution in [0, 0.1) is 16.2 Å². The van der Waals surface area contributed by atoms with Crippen molar-refractivity contribution in [1.29, 1.82) is 5.41 Å². The highest BCUT2D eigenvalue weighted by molar-refractivity contribution is 5.75. The van der Waals surface area contributed by atoms with Crippen LogP contribution in [0.3, 0.4) is 0 Å². The van der Waals surface area contributed by atoms with Crippen LogP contribution in [0.5, 0.6) is 0 Å². The van der Waals surface area contributed by atoms with Crippen LogP contribution in [-0.4, -0.2) is 11.5 Å². The van der Waals surface area contributed by atoms with E-state index in [1.807, 2.05) is 0 Å². The van der Waals surface area contributed by atoms with E-state index < -0.39 is 0 Å². The summed E-state index contributed by atoms with van der Waals surface area (Å²) in [5.74, 6) is 0.0763. The average molecular weight is 340 g/mol. The molecule has 0 aromatic heterocycles. The van der Waals surface area contributed by atoms with Gasteiger partial charge in [0.25, 0.3) is 0 Å². The lowest BCUT2D eigenvalue weighted by Crippen LogP contribution is -2.61. The Morgan fingerprint density at radius 3 is 1.54 bits per heavy atom. The number of hydrogen-bond donors (Lipinski definition) is 3. The zero-order chi connectivity index (χ0) is 18.9. The van der Waals surface area contributed by atoms with Gasteiger partial charge in [0.05, 0.1) is 0 Å². The molecule has 3 nitrogen and oxygen atoms in total. The lowest BCUT2D eigenvalue weighted by atomic mass is 9.54. The predicted octanol–water partition coefficient (Wildman–Crippen LogP) is 6.22. The van der Waals surface area contributed by atoms with E-state index in [9.17, 15) is 0 Å². The summed E-state index contributed by atoms with van der Waals surface area (Å²) >= 11 is 0. The first kappa shape index (κ1) is 23.3. The van der Waals surface area contributed by atoms with Gasteiger partial charge in [0.1, 0.15) is 0 Å². The molecule has 0 aromatic rings. The molecule has 3 heteroatoms. The van der Waals surface area contributed by atoms with Crippen molar-refractivity contribution in [2.24, 2.45) is 16.6 Å². The summed E-state index contributed by atoms with van der Waals surface area (Å²) in [5.41, 5.74) is 5.76. The van der Waals surface area contributed by atoms with E-state index in [0.717, 1.165) is 0 Å². The van der Waals surface area contributed by atoms with Gasteiger partial charge in [-0.1, -0.05) is 86.0 Å². The number of guanidine groups is 1. The van der Waals surface area contributed by atoms with Crippen molar-refractivity contribution in [2.45, 2.75) is 118 Å². The molecule has 24 heavy (non-hydrogen) atoms. The van der Waals surface area contributed by atoms with Crippen LogP contribution in [0.1, 0.15) is 113 Å². The standard InChI is InChI=1S/C21H45N3/c1-8-10-12-14-16-21(7,17-15-13-11-9-2)19(3,4)20(5,6)24-18(22)23/h8-17H2,1-7H3,(H4,22,23,24).